The molecule has 0 fully saturated rings. The van der Waals surface area contributed by atoms with Crippen LogP contribution in [0.2, 0.25) is 5.02 Å². The van der Waals surface area contributed by atoms with Gasteiger partial charge in [-0.15, -0.1) is 0 Å². The number of aromatic nitrogens is 3. The summed E-state index contributed by atoms with van der Waals surface area (Å²) in [5, 5.41) is 0.291. The Hall–Kier alpha value is -1.72. The second-order valence-electron chi connectivity index (χ2n) is 4.25. The molecule has 2 heterocycles. The molecule has 0 aliphatic rings. The van der Waals surface area contributed by atoms with Gasteiger partial charge < -0.3 is 4.98 Å². The number of nitrogens with zero attached hydrogens (tertiary/aromatic N) is 2. The highest BCUT2D eigenvalue weighted by Gasteiger charge is 2.11. The number of benzene rings is 1. The van der Waals surface area contributed by atoms with Crippen LogP contribution >= 0.6 is 23.8 Å². The zero-order chi connectivity index (χ0) is 13.6. The molecule has 0 saturated heterocycles. The van der Waals surface area contributed by atoms with E-state index in [1.165, 1.54) is 12.1 Å². The van der Waals surface area contributed by atoms with Crippen molar-refractivity contribution in [1.29, 1.82) is 0 Å². The molecular weight excluding hydrogens is 285 g/mol. The minimum atomic E-state index is -0.385. The van der Waals surface area contributed by atoms with Crippen LogP contribution < -0.4 is 0 Å². The van der Waals surface area contributed by atoms with E-state index in [1.54, 1.807) is 16.8 Å². The van der Waals surface area contributed by atoms with Crippen LogP contribution in [0.5, 0.6) is 0 Å². The van der Waals surface area contributed by atoms with Crippen molar-refractivity contribution < 1.29 is 4.39 Å². The van der Waals surface area contributed by atoms with E-state index in [9.17, 15) is 4.39 Å². The van der Waals surface area contributed by atoms with E-state index in [-0.39, 0.29) is 5.82 Å². The molecule has 0 amide bonds. The normalized spacial score (nSPS) is 11.1. The Kier molecular flexibility index (Phi) is 2.88. The van der Waals surface area contributed by atoms with E-state index in [0.717, 1.165) is 11.1 Å². The molecule has 1 N–H and O–H groups in total. The van der Waals surface area contributed by atoms with Crippen molar-refractivity contribution in [3.8, 4) is 5.69 Å². The van der Waals surface area contributed by atoms with Crippen LogP contribution in [0.25, 0.3) is 16.9 Å². The second-order valence-corrected chi connectivity index (χ2v) is 5.04. The molecular formula is C13H9ClFN3S. The lowest BCUT2D eigenvalue weighted by Crippen LogP contribution is -1.97. The average molecular weight is 294 g/mol. The largest absolute Gasteiger partial charge is 0.329 e. The Bertz CT molecular complexity index is 838. The molecule has 2 aromatic heterocycles. The van der Waals surface area contributed by atoms with E-state index in [0.29, 0.717) is 21.1 Å². The predicted octanol–water partition coefficient (Wildman–Crippen LogP) is 4.18. The second kappa shape index (κ2) is 4.43. The minimum Gasteiger partial charge on any atom is -0.329 e. The van der Waals surface area contributed by atoms with Gasteiger partial charge in [-0.25, -0.2) is 9.37 Å². The lowest BCUT2D eigenvalue weighted by Gasteiger charge is -2.06. The molecule has 3 aromatic rings. The van der Waals surface area contributed by atoms with Crippen molar-refractivity contribution in [2.24, 2.45) is 0 Å². The number of H-pyrrole nitrogens is 1. The standard InChI is InChI=1S/C13H9ClFN3S/c1-7-4-10-12(16-6-7)18(13(19)17-10)11-3-2-8(15)5-9(11)14/h2-6H,1H3,(H,17,19). The molecule has 3 rings (SSSR count). The molecule has 19 heavy (non-hydrogen) atoms. The molecule has 0 atom stereocenters. The van der Waals surface area contributed by atoms with Gasteiger partial charge in [-0.05, 0) is 49.0 Å². The lowest BCUT2D eigenvalue weighted by molar-refractivity contribution is 0.627. The number of aryl methyl sites for hydroxylation is 1. The summed E-state index contributed by atoms with van der Waals surface area (Å²) in [5.41, 5.74) is 3.13. The highest BCUT2D eigenvalue weighted by Crippen LogP contribution is 2.25. The molecule has 1 aromatic carbocycles. The van der Waals surface area contributed by atoms with Gasteiger partial charge in [0.1, 0.15) is 5.82 Å². The van der Waals surface area contributed by atoms with Crippen molar-refractivity contribution in [2.75, 3.05) is 0 Å². The number of hydrogen-bond donors (Lipinski definition) is 1. The van der Waals surface area contributed by atoms with Gasteiger partial charge in [0.2, 0.25) is 0 Å². The van der Waals surface area contributed by atoms with Crippen molar-refractivity contribution in [1.82, 2.24) is 14.5 Å². The SMILES string of the molecule is Cc1cnc2c(c1)[nH]c(=S)n2-c1ccc(F)cc1Cl. The Morgan fingerprint density at radius 3 is 2.89 bits per heavy atom. The fourth-order valence-electron chi connectivity index (χ4n) is 1.99. The van der Waals surface area contributed by atoms with Gasteiger partial charge in [0, 0.05) is 6.20 Å². The van der Waals surface area contributed by atoms with Crippen molar-refractivity contribution in [2.45, 2.75) is 6.92 Å². The summed E-state index contributed by atoms with van der Waals surface area (Å²) in [7, 11) is 0. The van der Waals surface area contributed by atoms with Crippen LogP contribution in [0, 0.1) is 17.5 Å². The molecule has 0 saturated carbocycles. The molecule has 0 bridgehead atoms. The van der Waals surface area contributed by atoms with Gasteiger partial charge in [-0.3, -0.25) is 4.57 Å². The summed E-state index contributed by atoms with van der Waals surface area (Å²) in [6, 6.07) is 6.13. The first-order valence-corrected chi connectivity index (χ1v) is 6.37. The van der Waals surface area contributed by atoms with Gasteiger partial charge in [0.05, 0.1) is 16.2 Å². The maximum absolute atomic E-state index is 13.1. The lowest BCUT2D eigenvalue weighted by atomic mass is 10.3. The first-order valence-electron chi connectivity index (χ1n) is 5.59. The number of aromatic amines is 1. The van der Waals surface area contributed by atoms with Crippen molar-refractivity contribution in [3.05, 3.63) is 51.6 Å². The van der Waals surface area contributed by atoms with Gasteiger partial charge in [0.15, 0.2) is 10.4 Å². The van der Waals surface area contributed by atoms with E-state index in [4.69, 9.17) is 23.8 Å². The van der Waals surface area contributed by atoms with E-state index in [2.05, 4.69) is 9.97 Å². The number of pyridine rings is 1. The third-order valence-electron chi connectivity index (χ3n) is 2.81. The Labute approximate surface area is 118 Å². The molecule has 96 valence electrons. The molecule has 0 aliphatic carbocycles. The van der Waals surface area contributed by atoms with Crippen LogP contribution in [-0.2, 0) is 0 Å². The summed E-state index contributed by atoms with van der Waals surface area (Å²) in [6.45, 7) is 1.95. The summed E-state index contributed by atoms with van der Waals surface area (Å²) < 4.78 is 15.3. The van der Waals surface area contributed by atoms with Gasteiger partial charge in [0.25, 0.3) is 0 Å². The topological polar surface area (TPSA) is 33.6 Å². The van der Waals surface area contributed by atoms with Crippen molar-refractivity contribution in [3.63, 3.8) is 0 Å². The zero-order valence-corrected chi connectivity index (χ0v) is 11.5. The van der Waals surface area contributed by atoms with E-state index in [1.807, 2.05) is 13.0 Å². The predicted molar refractivity (Wildman–Crippen MR) is 76.0 cm³/mol. The molecule has 0 radical (unpaired) electrons. The summed E-state index contributed by atoms with van der Waals surface area (Å²) in [6.07, 6.45) is 1.75. The van der Waals surface area contributed by atoms with Gasteiger partial charge in [-0.1, -0.05) is 11.6 Å². The number of fused-ring (bicyclic) bond motifs is 1. The average Bonchev–Trinajstić information content (AvgIpc) is 2.65. The van der Waals surface area contributed by atoms with Crippen LogP contribution in [0.4, 0.5) is 4.39 Å². The summed E-state index contributed by atoms with van der Waals surface area (Å²) >= 11 is 11.4. The monoisotopic (exact) mass is 293 g/mol. The maximum atomic E-state index is 13.1. The highest BCUT2D eigenvalue weighted by atomic mass is 35.5. The fourth-order valence-corrected chi connectivity index (χ4v) is 2.53. The third kappa shape index (κ3) is 2.05. The Balaban J connectivity index is 2.36. The number of nitrogens with one attached hydrogen (secondary N) is 1. The quantitative estimate of drug-likeness (QED) is 0.683. The molecule has 0 spiro atoms. The zero-order valence-electron chi connectivity index (χ0n) is 9.95. The van der Waals surface area contributed by atoms with E-state index >= 15 is 0 Å². The summed E-state index contributed by atoms with van der Waals surface area (Å²) in [5.74, 6) is -0.385. The number of imidazole rings is 1. The number of hydrogen-bond acceptors (Lipinski definition) is 2. The smallest absolute Gasteiger partial charge is 0.184 e. The number of halogens is 2. The maximum Gasteiger partial charge on any atom is 0.184 e. The van der Waals surface area contributed by atoms with E-state index < -0.39 is 0 Å². The van der Waals surface area contributed by atoms with Crippen LogP contribution in [-0.4, -0.2) is 14.5 Å². The first kappa shape index (κ1) is 12.3. The molecule has 6 heteroatoms. The number of rotatable bonds is 1. The Morgan fingerprint density at radius 2 is 2.16 bits per heavy atom. The Morgan fingerprint density at radius 1 is 1.37 bits per heavy atom. The molecule has 3 nitrogen and oxygen atoms in total. The summed E-state index contributed by atoms with van der Waals surface area (Å²) in [4.78, 5) is 7.43. The van der Waals surface area contributed by atoms with Crippen LogP contribution in [0.15, 0.2) is 30.5 Å². The van der Waals surface area contributed by atoms with Crippen LogP contribution in [0.1, 0.15) is 5.56 Å². The third-order valence-corrected chi connectivity index (χ3v) is 3.40. The van der Waals surface area contributed by atoms with Gasteiger partial charge in [-0.2, -0.15) is 0 Å². The first-order chi connectivity index (χ1) is 9.06. The molecule has 0 aliphatic heterocycles. The minimum absolute atomic E-state index is 0.291. The highest BCUT2D eigenvalue weighted by molar-refractivity contribution is 7.71. The molecule has 0 unspecified atom stereocenters. The van der Waals surface area contributed by atoms with Gasteiger partial charge >= 0.3 is 0 Å². The van der Waals surface area contributed by atoms with Crippen LogP contribution in [0.3, 0.4) is 0 Å². The fraction of sp³-hybridized carbons (Fsp3) is 0.0769. The van der Waals surface area contributed by atoms with Crippen molar-refractivity contribution >= 4 is 35.0 Å².